The Hall–Kier alpha value is -2.11. The van der Waals surface area contributed by atoms with Crippen molar-refractivity contribution in [2.75, 3.05) is 6.54 Å². The van der Waals surface area contributed by atoms with Crippen molar-refractivity contribution in [2.24, 2.45) is 0 Å². The van der Waals surface area contributed by atoms with Crippen LogP contribution in [-0.4, -0.2) is 29.2 Å². The lowest BCUT2D eigenvalue weighted by molar-refractivity contribution is -0.144. The largest absolute Gasteiger partial charge is 0.480 e. The second-order valence-electron chi connectivity index (χ2n) is 6.69. The summed E-state index contributed by atoms with van der Waals surface area (Å²) in [5, 5.41) is 14.8. The molecule has 0 heterocycles. The number of nitrogens with one attached hydrogen (secondary N) is 2. The van der Waals surface area contributed by atoms with Gasteiger partial charge in [0.25, 0.3) is 0 Å². The fraction of sp³-hybridized carbons (Fsp3) is 0.529. The fourth-order valence-electron chi connectivity index (χ4n) is 3.40. The van der Waals surface area contributed by atoms with Gasteiger partial charge in [0, 0.05) is 12.0 Å². The van der Waals surface area contributed by atoms with Gasteiger partial charge in [0.05, 0.1) is 0 Å². The molecule has 0 radical (unpaired) electrons. The summed E-state index contributed by atoms with van der Waals surface area (Å²) in [7, 11) is 0. The van der Waals surface area contributed by atoms with Gasteiger partial charge >= 0.3 is 12.0 Å². The molecule has 0 saturated heterocycles. The van der Waals surface area contributed by atoms with Crippen LogP contribution >= 0.6 is 0 Å². The lowest BCUT2D eigenvalue weighted by Crippen LogP contribution is -2.56. The van der Waals surface area contributed by atoms with E-state index in [1.807, 2.05) is 0 Å². The molecule has 3 N–H and O–H groups in total. The Morgan fingerprint density at radius 1 is 1.09 bits per heavy atom. The van der Waals surface area contributed by atoms with E-state index in [0.717, 1.165) is 31.2 Å². The number of amides is 2. The number of carbonyl (C=O) groups excluding carboxylic acids is 1. The Bertz CT molecular complexity index is 605. The lowest BCUT2D eigenvalue weighted by Gasteiger charge is -2.26. The molecule has 2 aliphatic carbocycles. The number of halogens is 1. The second kappa shape index (κ2) is 5.83. The Balaban J connectivity index is 1.59. The number of aliphatic carboxylic acids is 1. The maximum atomic E-state index is 13.0. The van der Waals surface area contributed by atoms with E-state index in [-0.39, 0.29) is 11.2 Å². The van der Waals surface area contributed by atoms with Crippen LogP contribution in [0.25, 0.3) is 0 Å². The summed E-state index contributed by atoms with van der Waals surface area (Å²) in [5.41, 5.74) is -0.263. The molecule has 124 valence electrons. The highest BCUT2D eigenvalue weighted by molar-refractivity contribution is 5.86. The fourth-order valence-corrected chi connectivity index (χ4v) is 3.40. The van der Waals surface area contributed by atoms with Crippen LogP contribution in [-0.2, 0) is 10.2 Å². The number of hydrogen-bond acceptors (Lipinski definition) is 2. The molecule has 2 saturated carbocycles. The van der Waals surface area contributed by atoms with E-state index in [1.54, 1.807) is 12.1 Å². The van der Waals surface area contributed by atoms with Crippen molar-refractivity contribution < 1.29 is 19.1 Å². The van der Waals surface area contributed by atoms with E-state index < -0.39 is 17.5 Å². The van der Waals surface area contributed by atoms with Gasteiger partial charge in [-0.05, 0) is 43.4 Å². The van der Waals surface area contributed by atoms with Gasteiger partial charge in [-0.15, -0.1) is 0 Å². The van der Waals surface area contributed by atoms with Gasteiger partial charge in [0.1, 0.15) is 11.4 Å². The molecule has 23 heavy (non-hydrogen) atoms. The predicted octanol–water partition coefficient (Wildman–Crippen LogP) is 2.55. The van der Waals surface area contributed by atoms with Crippen LogP contribution < -0.4 is 10.6 Å². The molecule has 0 unspecified atom stereocenters. The van der Waals surface area contributed by atoms with Gasteiger partial charge < -0.3 is 15.7 Å². The molecular weight excluding hydrogens is 299 g/mol. The molecule has 6 heteroatoms. The molecule has 2 fully saturated rings. The molecule has 0 aromatic heterocycles. The van der Waals surface area contributed by atoms with Gasteiger partial charge in [0.2, 0.25) is 0 Å². The van der Waals surface area contributed by atoms with Crippen LogP contribution in [0.3, 0.4) is 0 Å². The van der Waals surface area contributed by atoms with Crippen LogP contribution in [0, 0.1) is 5.82 Å². The Morgan fingerprint density at radius 3 is 2.22 bits per heavy atom. The summed E-state index contributed by atoms with van der Waals surface area (Å²) >= 11 is 0. The van der Waals surface area contributed by atoms with Gasteiger partial charge in [-0.1, -0.05) is 25.0 Å². The number of carbonyl (C=O) groups is 2. The molecule has 0 bridgehead atoms. The third-order valence-electron chi connectivity index (χ3n) is 5.12. The summed E-state index contributed by atoms with van der Waals surface area (Å²) in [4.78, 5) is 23.6. The van der Waals surface area contributed by atoms with Crippen LogP contribution in [0.4, 0.5) is 9.18 Å². The Labute approximate surface area is 134 Å². The first-order valence-electron chi connectivity index (χ1n) is 8.01. The minimum absolute atomic E-state index is 0.142. The van der Waals surface area contributed by atoms with Crippen LogP contribution in [0.2, 0.25) is 0 Å². The van der Waals surface area contributed by atoms with Crippen LogP contribution in [0.15, 0.2) is 24.3 Å². The third-order valence-corrected chi connectivity index (χ3v) is 5.12. The molecule has 0 spiro atoms. The molecule has 0 aliphatic heterocycles. The highest BCUT2D eigenvalue weighted by atomic mass is 19.1. The minimum Gasteiger partial charge on any atom is -0.480 e. The number of carboxylic acids is 1. The number of rotatable bonds is 5. The van der Waals surface area contributed by atoms with E-state index >= 15 is 0 Å². The van der Waals surface area contributed by atoms with E-state index in [9.17, 15) is 19.1 Å². The van der Waals surface area contributed by atoms with Gasteiger partial charge in [-0.25, -0.2) is 14.0 Å². The highest BCUT2D eigenvalue weighted by Crippen LogP contribution is 2.47. The quantitative estimate of drug-likeness (QED) is 0.780. The smallest absolute Gasteiger partial charge is 0.329 e. The Morgan fingerprint density at radius 2 is 1.70 bits per heavy atom. The van der Waals surface area contributed by atoms with Crippen molar-refractivity contribution in [3.05, 3.63) is 35.6 Å². The van der Waals surface area contributed by atoms with Crippen molar-refractivity contribution in [3.8, 4) is 0 Å². The zero-order valence-corrected chi connectivity index (χ0v) is 12.9. The zero-order valence-electron chi connectivity index (χ0n) is 12.9. The summed E-state index contributed by atoms with van der Waals surface area (Å²) in [6.07, 6.45) is 4.43. The normalized spacial score (nSPS) is 20.7. The van der Waals surface area contributed by atoms with E-state index in [2.05, 4.69) is 10.6 Å². The van der Waals surface area contributed by atoms with Crippen molar-refractivity contribution in [1.29, 1.82) is 0 Å². The van der Waals surface area contributed by atoms with Crippen LogP contribution in [0.5, 0.6) is 0 Å². The number of benzene rings is 1. The molecule has 0 atom stereocenters. The minimum atomic E-state index is -1.13. The first-order valence-corrected chi connectivity index (χ1v) is 8.01. The molecular formula is C17H21FN2O3. The Kier molecular flexibility index (Phi) is 4.00. The standard InChI is InChI=1S/C17H21FN2O3/c18-13-5-3-12(4-6-13)16(9-10-16)11-19-15(23)20-17(14(21)22)7-1-2-8-17/h3-6H,1-2,7-11H2,(H,21,22)(H2,19,20,23). The third kappa shape index (κ3) is 3.16. The van der Waals surface area contributed by atoms with Gasteiger partial charge in [-0.2, -0.15) is 0 Å². The van der Waals surface area contributed by atoms with Gasteiger partial charge in [0.15, 0.2) is 0 Å². The number of urea groups is 1. The predicted molar refractivity (Wildman–Crippen MR) is 82.7 cm³/mol. The molecule has 2 amide bonds. The molecule has 2 aliphatic rings. The monoisotopic (exact) mass is 320 g/mol. The number of hydrogen-bond donors (Lipinski definition) is 3. The summed E-state index contributed by atoms with van der Waals surface area (Å²) in [5.74, 6) is -1.25. The second-order valence-corrected chi connectivity index (χ2v) is 6.69. The first kappa shape index (κ1) is 15.8. The van der Waals surface area contributed by atoms with Crippen LogP contribution in [0.1, 0.15) is 44.1 Å². The van der Waals surface area contributed by atoms with Crippen molar-refractivity contribution in [2.45, 2.75) is 49.5 Å². The zero-order chi connectivity index (χ0) is 16.5. The average Bonchev–Trinajstić information content (AvgIpc) is 3.17. The topological polar surface area (TPSA) is 78.4 Å². The van der Waals surface area contributed by atoms with E-state index in [4.69, 9.17) is 0 Å². The molecule has 1 aromatic carbocycles. The van der Waals surface area contributed by atoms with Gasteiger partial charge in [-0.3, -0.25) is 0 Å². The maximum Gasteiger partial charge on any atom is 0.329 e. The average molecular weight is 320 g/mol. The van der Waals surface area contributed by atoms with E-state index in [0.29, 0.717) is 19.4 Å². The molecule has 5 nitrogen and oxygen atoms in total. The van der Waals surface area contributed by atoms with Crippen molar-refractivity contribution in [3.63, 3.8) is 0 Å². The summed E-state index contributed by atoms with van der Waals surface area (Å²) < 4.78 is 13.0. The van der Waals surface area contributed by atoms with Crippen molar-refractivity contribution in [1.82, 2.24) is 10.6 Å². The first-order chi connectivity index (χ1) is 11.0. The van der Waals surface area contributed by atoms with Crippen molar-refractivity contribution >= 4 is 12.0 Å². The number of carboxylic acid groups (broad SMARTS) is 1. The highest BCUT2D eigenvalue weighted by Gasteiger charge is 2.46. The molecule has 3 rings (SSSR count). The maximum absolute atomic E-state index is 13.0. The summed E-state index contributed by atoms with van der Waals surface area (Å²) in [6.45, 7) is 0.431. The summed E-state index contributed by atoms with van der Waals surface area (Å²) in [6, 6.07) is 5.90. The lowest BCUT2D eigenvalue weighted by atomic mass is 9.96. The van der Waals surface area contributed by atoms with E-state index in [1.165, 1.54) is 12.1 Å². The SMILES string of the molecule is O=C(NCC1(c2ccc(F)cc2)CC1)NC1(C(=O)O)CCCC1. The molecule has 1 aromatic rings.